The first-order valence-electron chi connectivity index (χ1n) is 14.9. The fourth-order valence-corrected chi connectivity index (χ4v) is 6.71. The van der Waals surface area contributed by atoms with Gasteiger partial charge in [0, 0.05) is 25.9 Å². The number of hydrogen-bond donors (Lipinski definition) is 3. The minimum absolute atomic E-state index is 0.00734. The molecule has 0 aliphatic carbocycles. The van der Waals surface area contributed by atoms with Gasteiger partial charge < -0.3 is 39.0 Å². The van der Waals surface area contributed by atoms with Gasteiger partial charge in [-0.3, -0.25) is 4.79 Å². The second kappa shape index (κ2) is 15.3. The predicted molar refractivity (Wildman–Crippen MR) is 142 cm³/mol. The number of aliphatic hydroxyl groups excluding tert-OH is 3. The van der Waals surface area contributed by atoms with Crippen LogP contribution in [-0.4, -0.2) is 96.0 Å². The molecule has 4 rings (SSSR count). The van der Waals surface area contributed by atoms with Gasteiger partial charge in [0.25, 0.3) is 0 Å². The molecule has 0 amide bonds. The lowest BCUT2D eigenvalue weighted by Crippen LogP contribution is -2.51. The van der Waals surface area contributed by atoms with Gasteiger partial charge in [-0.15, -0.1) is 0 Å². The number of ether oxygens (including phenoxy) is 5. The molecule has 0 aromatic carbocycles. The molecular formula is C29H52O9. The summed E-state index contributed by atoms with van der Waals surface area (Å²) in [6.45, 7) is 4.55. The van der Waals surface area contributed by atoms with Crippen LogP contribution in [0.2, 0.25) is 0 Å². The molecule has 222 valence electrons. The van der Waals surface area contributed by atoms with Crippen molar-refractivity contribution in [2.45, 2.75) is 152 Å². The van der Waals surface area contributed by atoms with E-state index in [2.05, 4.69) is 18.6 Å². The number of fused-ring (bicyclic) bond motifs is 2. The molecule has 8 atom stereocenters. The Kier molecular flexibility index (Phi) is 12.7. The van der Waals surface area contributed by atoms with Crippen molar-refractivity contribution in [2.24, 2.45) is 0 Å². The highest BCUT2D eigenvalue weighted by atomic mass is 16.6. The zero-order valence-electron chi connectivity index (χ0n) is 23.8. The van der Waals surface area contributed by atoms with E-state index in [0.29, 0.717) is 19.3 Å². The SMILES string of the molecule is CCCC1CC[C@@H]2O[C@@H](CCC(=O)OC)CC2(CO)O1.CCCC1CC[C@@H]2O[C@@H](CCCO)CC2(CO)O1. The van der Waals surface area contributed by atoms with E-state index in [-0.39, 0.29) is 62.4 Å². The fraction of sp³-hybridized carbons (Fsp3) is 0.966. The molecule has 4 unspecified atom stereocenters. The van der Waals surface area contributed by atoms with Crippen LogP contribution in [0, 0.1) is 0 Å². The number of carbonyl (C=O) groups excluding carboxylic acids is 1. The number of methoxy groups -OCH3 is 1. The summed E-state index contributed by atoms with van der Waals surface area (Å²) in [5.74, 6) is -0.216. The molecule has 0 aromatic heterocycles. The standard InChI is InChI=1S/C15H26O5.C14H26O4/c1-3-4-11-5-7-13-15(10-16,20-11)9-12(19-13)6-8-14(17)18-2;1-2-4-11-6-7-13-14(10-16,18-11)9-12(17-13)5-3-8-15/h11-13,16H,3-10H2,1-2H3;11-13,15-16H,2-10H2,1H3/t11?,12-,13-,15?;11?,12-,13-,14?/m00/s1. The van der Waals surface area contributed by atoms with Gasteiger partial charge in [-0.05, 0) is 57.8 Å². The second-order valence-electron chi connectivity index (χ2n) is 11.5. The zero-order valence-corrected chi connectivity index (χ0v) is 23.8. The fourth-order valence-electron chi connectivity index (χ4n) is 6.71. The van der Waals surface area contributed by atoms with Crippen LogP contribution in [0.1, 0.15) is 104 Å². The van der Waals surface area contributed by atoms with Gasteiger partial charge in [0.2, 0.25) is 0 Å². The van der Waals surface area contributed by atoms with E-state index in [4.69, 9.17) is 24.1 Å². The summed E-state index contributed by atoms with van der Waals surface area (Å²) < 4.78 is 29.0. The molecule has 3 N–H and O–H groups in total. The molecule has 0 saturated carbocycles. The molecule has 9 nitrogen and oxygen atoms in total. The van der Waals surface area contributed by atoms with Gasteiger partial charge in [0.15, 0.2) is 0 Å². The summed E-state index contributed by atoms with van der Waals surface area (Å²) >= 11 is 0. The van der Waals surface area contributed by atoms with Crippen LogP contribution >= 0.6 is 0 Å². The van der Waals surface area contributed by atoms with Crippen molar-refractivity contribution in [1.82, 2.24) is 0 Å². The van der Waals surface area contributed by atoms with E-state index < -0.39 is 11.2 Å². The number of hydrogen-bond acceptors (Lipinski definition) is 9. The molecule has 0 bridgehead atoms. The smallest absolute Gasteiger partial charge is 0.305 e. The summed E-state index contributed by atoms with van der Waals surface area (Å²) in [4.78, 5) is 11.2. The van der Waals surface area contributed by atoms with Crippen molar-refractivity contribution in [2.75, 3.05) is 26.9 Å². The Labute approximate surface area is 228 Å². The van der Waals surface area contributed by atoms with Crippen molar-refractivity contribution in [3.63, 3.8) is 0 Å². The molecule has 4 aliphatic rings. The first-order valence-corrected chi connectivity index (χ1v) is 14.9. The van der Waals surface area contributed by atoms with Gasteiger partial charge in [-0.2, -0.15) is 0 Å². The largest absolute Gasteiger partial charge is 0.469 e. The summed E-state index contributed by atoms with van der Waals surface area (Å²) in [5, 5.41) is 28.4. The van der Waals surface area contributed by atoms with Crippen LogP contribution in [0.15, 0.2) is 0 Å². The molecule has 0 radical (unpaired) electrons. The third-order valence-electron chi connectivity index (χ3n) is 8.68. The Hall–Kier alpha value is -0.810. The average molecular weight is 545 g/mol. The number of rotatable bonds is 12. The molecule has 4 heterocycles. The van der Waals surface area contributed by atoms with Crippen molar-refractivity contribution in [1.29, 1.82) is 0 Å². The summed E-state index contributed by atoms with van der Waals surface area (Å²) in [6.07, 6.45) is 12.9. The van der Waals surface area contributed by atoms with Gasteiger partial charge in [0.1, 0.15) is 11.2 Å². The van der Waals surface area contributed by atoms with Gasteiger partial charge in [-0.1, -0.05) is 26.7 Å². The third kappa shape index (κ3) is 7.89. The highest BCUT2D eigenvalue weighted by Gasteiger charge is 2.53. The Bertz CT molecular complexity index is 706. The first kappa shape index (κ1) is 31.7. The van der Waals surface area contributed by atoms with Crippen LogP contribution in [0.5, 0.6) is 0 Å². The van der Waals surface area contributed by atoms with Crippen molar-refractivity contribution in [3.8, 4) is 0 Å². The van der Waals surface area contributed by atoms with Crippen molar-refractivity contribution >= 4 is 5.97 Å². The number of esters is 1. The maximum atomic E-state index is 11.2. The highest BCUT2D eigenvalue weighted by molar-refractivity contribution is 5.69. The van der Waals surface area contributed by atoms with Crippen molar-refractivity contribution in [3.05, 3.63) is 0 Å². The minimum Gasteiger partial charge on any atom is -0.469 e. The van der Waals surface area contributed by atoms with Crippen LogP contribution in [0.4, 0.5) is 0 Å². The lowest BCUT2D eigenvalue weighted by Gasteiger charge is -2.40. The van der Waals surface area contributed by atoms with Crippen LogP contribution in [-0.2, 0) is 28.5 Å². The van der Waals surface area contributed by atoms with Crippen LogP contribution in [0.25, 0.3) is 0 Å². The molecule has 0 aromatic rings. The van der Waals surface area contributed by atoms with Crippen LogP contribution < -0.4 is 0 Å². The summed E-state index contributed by atoms with van der Waals surface area (Å²) in [7, 11) is 1.39. The Morgan fingerprint density at radius 2 is 1.26 bits per heavy atom. The number of aliphatic hydroxyl groups is 3. The molecule has 4 fully saturated rings. The minimum atomic E-state index is -0.557. The molecule has 9 heteroatoms. The Balaban J connectivity index is 0.000000212. The second-order valence-corrected chi connectivity index (χ2v) is 11.5. The normalized spacial score (nSPS) is 38.2. The van der Waals surface area contributed by atoms with Gasteiger partial charge >= 0.3 is 5.97 Å². The molecular weight excluding hydrogens is 492 g/mol. The number of carbonyl (C=O) groups is 1. The molecule has 38 heavy (non-hydrogen) atoms. The summed E-state index contributed by atoms with van der Waals surface area (Å²) in [5.41, 5.74) is -1.03. The Morgan fingerprint density at radius 3 is 1.68 bits per heavy atom. The maximum absolute atomic E-state index is 11.2. The Morgan fingerprint density at radius 1 is 0.763 bits per heavy atom. The topological polar surface area (TPSA) is 124 Å². The zero-order chi connectivity index (χ0) is 27.6. The lowest BCUT2D eigenvalue weighted by atomic mass is 9.86. The lowest BCUT2D eigenvalue weighted by molar-refractivity contribution is -0.183. The van der Waals surface area contributed by atoms with E-state index in [1.807, 2.05) is 0 Å². The molecule has 4 aliphatic heterocycles. The van der Waals surface area contributed by atoms with Crippen molar-refractivity contribution < 1.29 is 43.8 Å². The molecule has 0 spiro atoms. The van der Waals surface area contributed by atoms with E-state index >= 15 is 0 Å². The van der Waals surface area contributed by atoms with E-state index in [1.54, 1.807) is 0 Å². The van der Waals surface area contributed by atoms with E-state index in [0.717, 1.165) is 70.6 Å². The van der Waals surface area contributed by atoms with E-state index in [9.17, 15) is 15.0 Å². The molecule has 4 saturated heterocycles. The first-order chi connectivity index (χ1) is 18.4. The van der Waals surface area contributed by atoms with Gasteiger partial charge in [-0.25, -0.2) is 0 Å². The van der Waals surface area contributed by atoms with Crippen LogP contribution in [0.3, 0.4) is 0 Å². The third-order valence-corrected chi connectivity index (χ3v) is 8.68. The average Bonchev–Trinajstić information content (AvgIpc) is 3.49. The monoisotopic (exact) mass is 544 g/mol. The highest BCUT2D eigenvalue weighted by Crippen LogP contribution is 2.44. The van der Waals surface area contributed by atoms with E-state index in [1.165, 1.54) is 7.11 Å². The van der Waals surface area contributed by atoms with Gasteiger partial charge in [0.05, 0.1) is 56.9 Å². The summed E-state index contributed by atoms with van der Waals surface area (Å²) in [6, 6.07) is 0. The predicted octanol–water partition coefficient (Wildman–Crippen LogP) is 3.43. The maximum Gasteiger partial charge on any atom is 0.305 e. The quantitative estimate of drug-likeness (QED) is 0.317.